The van der Waals surface area contributed by atoms with Crippen molar-refractivity contribution >= 4 is 39.3 Å². The number of fused-ring (bicyclic) bond motifs is 2. The molecular weight excluding hydrogens is 587 g/mol. The van der Waals surface area contributed by atoms with Gasteiger partial charge in [0.15, 0.2) is 22.1 Å². The molecule has 11 heteroatoms. The minimum atomic E-state index is -1.04. The number of anilines is 1. The number of halogens is 1. The lowest BCUT2D eigenvalue weighted by atomic mass is 9.98. The number of hydrogen-bond acceptors (Lipinski definition) is 9. The number of aryl methyl sites for hydroxylation is 1. The molecule has 0 radical (unpaired) electrons. The molecule has 0 saturated heterocycles. The summed E-state index contributed by atoms with van der Waals surface area (Å²) in [5.74, 6) is -1.28. The average molecular weight is 613 g/mol. The van der Waals surface area contributed by atoms with Crippen LogP contribution in [0.2, 0.25) is 0 Å². The highest BCUT2D eigenvalue weighted by Crippen LogP contribution is 2.45. The molecule has 1 atom stereocenters. The van der Waals surface area contributed by atoms with Gasteiger partial charge in [-0.2, -0.15) is 0 Å². The van der Waals surface area contributed by atoms with Gasteiger partial charge in [0, 0.05) is 0 Å². The molecule has 6 rings (SSSR count). The predicted octanol–water partition coefficient (Wildman–Crippen LogP) is 6.38. The van der Waals surface area contributed by atoms with Crippen LogP contribution in [0.15, 0.2) is 88.6 Å². The third-order valence-electron chi connectivity index (χ3n) is 7.08. The number of nitrogens with zero attached hydrogens (tertiary/aromatic N) is 2. The Labute approximate surface area is 254 Å². The smallest absolute Gasteiger partial charge is 0.350 e. The van der Waals surface area contributed by atoms with Gasteiger partial charge < -0.3 is 18.6 Å². The van der Waals surface area contributed by atoms with Gasteiger partial charge in [-0.05, 0) is 48.4 Å². The molecule has 1 aliphatic rings. The highest BCUT2D eigenvalue weighted by atomic mass is 32.1. The average Bonchev–Trinajstić information content (AvgIpc) is 3.56. The fourth-order valence-electron chi connectivity index (χ4n) is 5.04. The highest BCUT2D eigenvalue weighted by molar-refractivity contribution is 7.17. The Hall–Kier alpha value is -5.29. The third kappa shape index (κ3) is 5.11. The number of carbonyl (C=O) groups is 2. The Bertz CT molecular complexity index is 1990. The molecule has 44 heavy (non-hydrogen) atoms. The second-order valence-corrected chi connectivity index (χ2v) is 10.9. The third-order valence-corrected chi connectivity index (χ3v) is 8.22. The molecule has 5 aromatic rings. The molecule has 222 valence electrons. The number of amides is 1. The van der Waals surface area contributed by atoms with Gasteiger partial charge in [0.1, 0.15) is 29.5 Å². The van der Waals surface area contributed by atoms with Crippen LogP contribution in [-0.4, -0.2) is 30.6 Å². The first-order valence-corrected chi connectivity index (χ1v) is 14.3. The van der Waals surface area contributed by atoms with E-state index in [-0.39, 0.29) is 45.5 Å². The van der Waals surface area contributed by atoms with Crippen molar-refractivity contribution in [2.24, 2.45) is 0 Å². The Morgan fingerprint density at radius 1 is 1.11 bits per heavy atom. The summed E-state index contributed by atoms with van der Waals surface area (Å²) in [6.45, 7) is 5.46. The summed E-state index contributed by atoms with van der Waals surface area (Å²) in [6, 6.07) is 17.1. The van der Waals surface area contributed by atoms with E-state index in [0.717, 1.165) is 29.0 Å². The van der Waals surface area contributed by atoms with Gasteiger partial charge >= 0.3 is 5.97 Å². The van der Waals surface area contributed by atoms with Crippen molar-refractivity contribution in [3.05, 3.63) is 128 Å². The number of methoxy groups -OCH3 is 1. The van der Waals surface area contributed by atoms with Gasteiger partial charge in [-0.1, -0.05) is 60.4 Å². The molecule has 3 heterocycles. The standard InChI is InChI=1S/C33H25FN2O7S/c1-4-14-41-32(39)30-18(2)35-33(44-30)36-27(26-28(37)22-16-21(34)11-13-23(22)43-29(26)31(36)38)20-10-12-24(25(15-20)40-3)42-17-19-8-6-5-7-9-19/h4-13,15-16,27H,1,14,17H2,2-3H3. The molecule has 0 fully saturated rings. The van der Waals surface area contributed by atoms with Crippen LogP contribution in [0.5, 0.6) is 11.5 Å². The lowest BCUT2D eigenvalue weighted by molar-refractivity contribution is 0.0554. The summed E-state index contributed by atoms with van der Waals surface area (Å²) in [5.41, 5.74) is 1.29. The number of hydrogen-bond donors (Lipinski definition) is 0. The Kier molecular flexibility index (Phi) is 7.71. The lowest BCUT2D eigenvalue weighted by Crippen LogP contribution is -2.29. The van der Waals surface area contributed by atoms with Crippen molar-refractivity contribution in [1.29, 1.82) is 0 Å². The summed E-state index contributed by atoms with van der Waals surface area (Å²) in [6.07, 6.45) is 1.44. The predicted molar refractivity (Wildman–Crippen MR) is 162 cm³/mol. The molecule has 0 aliphatic carbocycles. The second-order valence-electron chi connectivity index (χ2n) is 9.87. The number of esters is 1. The maximum absolute atomic E-state index is 14.2. The molecular formula is C33H25FN2O7S. The van der Waals surface area contributed by atoms with E-state index in [1.54, 1.807) is 25.1 Å². The fourth-order valence-corrected chi connectivity index (χ4v) is 6.03. The van der Waals surface area contributed by atoms with Gasteiger partial charge in [-0.3, -0.25) is 14.5 Å². The molecule has 1 aliphatic heterocycles. The van der Waals surface area contributed by atoms with E-state index in [1.165, 1.54) is 24.2 Å². The van der Waals surface area contributed by atoms with Crippen LogP contribution in [0.3, 0.4) is 0 Å². The van der Waals surface area contributed by atoms with E-state index in [2.05, 4.69) is 11.6 Å². The second kappa shape index (κ2) is 11.8. The van der Waals surface area contributed by atoms with Gasteiger partial charge in [-0.25, -0.2) is 14.2 Å². The first-order valence-electron chi connectivity index (χ1n) is 13.5. The van der Waals surface area contributed by atoms with E-state index in [4.69, 9.17) is 18.6 Å². The summed E-state index contributed by atoms with van der Waals surface area (Å²) < 4.78 is 37.0. The van der Waals surface area contributed by atoms with Crippen LogP contribution in [0.1, 0.15) is 48.7 Å². The molecule has 0 saturated carbocycles. The zero-order chi connectivity index (χ0) is 31.0. The molecule has 1 unspecified atom stereocenters. The SMILES string of the molecule is C=CCOC(=O)c1sc(N2C(=O)c3oc4ccc(F)cc4c(=O)c3C2c2ccc(OCc3ccccc3)c(OC)c2)nc1C. The van der Waals surface area contributed by atoms with Crippen LogP contribution < -0.4 is 19.8 Å². The van der Waals surface area contributed by atoms with Crippen molar-refractivity contribution < 1.29 is 32.6 Å². The zero-order valence-corrected chi connectivity index (χ0v) is 24.5. The summed E-state index contributed by atoms with van der Waals surface area (Å²) in [4.78, 5) is 46.6. The quantitative estimate of drug-likeness (QED) is 0.139. The van der Waals surface area contributed by atoms with E-state index in [9.17, 15) is 18.8 Å². The molecule has 0 bridgehead atoms. The van der Waals surface area contributed by atoms with Crippen LogP contribution in [0.4, 0.5) is 9.52 Å². The summed E-state index contributed by atoms with van der Waals surface area (Å²) >= 11 is 0.945. The van der Waals surface area contributed by atoms with Crippen LogP contribution in [0, 0.1) is 12.7 Å². The Morgan fingerprint density at radius 2 is 1.91 bits per heavy atom. The largest absolute Gasteiger partial charge is 0.493 e. The van der Waals surface area contributed by atoms with E-state index in [0.29, 0.717) is 22.8 Å². The lowest BCUT2D eigenvalue weighted by Gasteiger charge is -2.23. The zero-order valence-electron chi connectivity index (χ0n) is 23.7. The minimum absolute atomic E-state index is 0.00226. The Balaban J connectivity index is 1.48. The fraction of sp³-hybridized carbons (Fsp3) is 0.152. The van der Waals surface area contributed by atoms with Crippen LogP contribution in [-0.2, 0) is 11.3 Å². The maximum Gasteiger partial charge on any atom is 0.350 e. The molecule has 0 N–H and O–H groups in total. The molecule has 3 aromatic carbocycles. The number of aromatic nitrogens is 1. The first kappa shape index (κ1) is 28.8. The van der Waals surface area contributed by atoms with Crippen molar-refractivity contribution in [3.63, 3.8) is 0 Å². The van der Waals surface area contributed by atoms with E-state index >= 15 is 0 Å². The van der Waals surface area contributed by atoms with Gasteiger partial charge in [-0.15, -0.1) is 0 Å². The number of rotatable bonds is 9. The van der Waals surface area contributed by atoms with Crippen molar-refractivity contribution in [3.8, 4) is 11.5 Å². The first-order chi connectivity index (χ1) is 21.3. The van der Waals surface area contributed by atoms with Gasteiger partial charge in [0.05, 0.1) is 29.8 Å². The van der Waals surface area contributed by atoms with Gasteiger partial charge in [0.25, 0.3) is 5.91 Å². The van der Waals surface area contributed by atoms with Crippen molar-refractivity contribution in [2.75, 3.05) is 18.6 Å². The number of benzene rings is 3. The molecule has 0 spiro atoms. The topological polar surface area (TPSA) is 108 Å². The van der Waals surface area contributed by atoms with Crippen LogP contribution in [0.25, 0.3) is 11.0 Å². The number of thiazole rings is 1. The van der Waals surface area contributed by atoms with E-state index in [1.807, 2.05) is 30.3 Å². The maximum atomic E-state index is 14.2. The number of carbonyl (C=O) groups excluding carboxylic acids is 2. The molecule has 2 aromatic heterocycles. The normalized spacial score (nSPS) is 14.0. The molecule has 1 amide bonds. The van der Waals surface area contributed by atoms with Gasteiger partial charge in [0.2, 0.25) is 5.76 Å². The molecule has 9 nitrogen and oxygen atoms in total. The van der Waals surface area contributed by atoms with Crippen LogP contribution >= 0.6 is 11.3 Å². The highest BCUT2D eigenvalue weighted by Gasteiger charge is 2.45. The summed E-state index contributed by atoms with van der Waals surface area (Å²) in [7, 11) is 1.48. The Morgan fingerprint density at radius 3 is 2.66 bits per heavy atom. The summed E-state index contributed by atoms with van der Waals surface area (Å²) in [5, 5.41) is 0.134. The van der Waals surface area contributed by atoms with Crippen molar-refractivity contribution in [2.45, 2.75) is 19.6 Å². The number of ether oxygens (including phenoxy) is 3. The monoisotopic (exact) mass is 612 g/mol. The van der Waals surface area contributed by atoms with E-state index < -0.39 is 29.2 Å². The van der Waals surface area contributed by atoms with Crippen molar-refractivity contribution in [1.82, 2.24) is 4.98 Å². The minimum Gasteiger partial charge on any atom is -0.493 e.